The van der Waals surface area contributed by atoms with Crippen molar-refractivity contribution in [2.45, 2.75) is 26.4 Å². The number of carboxylic acid groups (broad SMARTS) is 1. The first-order chi connectivity index (χ1) is 12.6. The van der Waals surface area contributed by atoms with Crippen molar-refractivity contribution in [3.05, 3.63) is 47.7 Å². The van der Waals surface area contributed by atoms with E-state index in [-0.39, 0.29) is 11.7 Å². The van der Waals surface area contributed by atoms with Crippen molar-refractivity contribution in [2.75, 3.05) is 31.1 Å². The SMILES string of the molecule is CCOc1ccccc1CN1CCN(c2ccc(C(=O)O)nn2)C(C)C1. The van der Waals surface area contributed by atoms with E-state index in [0.29, 0.717) is 6.61 Å². The molecular formula is C19H24N4O3. The molecule has 1 saturated heterocycles. The van der Waals surface area contributed by atoms with E-state index in [1.807, 2.05) is 25.1 Å². The Hall–Kier alpha value is -2.67. The number of aromatic carboxylic acids is 1. The van der Waals surface area contributed by atoms with Gasteiger partial charge < -0.3 is 14.7 Å². The normalized spacial score (nSPS) is 17.9. The maximum Gasteiger partial charge on any atom is 0.356 e. The predicted molar refractivity (Wildman–Crippen MR) is 98.7 cm³/mol. The Bertz CT molecular complexity index is 751. The highest BCUT2D eigenvalue weighted by Gasteiger charge is 2.25. The smallest absolute Gasteiger partial charge is 0.356 e. The van der Waals surface area contributed by atoms with E-state index in [1.165, 1.54) is 11.6 Å². The van der Waals surface area contributed by atoms with Crippen LogP contribution in [0.25, 0.3) is 0 Å². The van der Waals surface area contributed by atoms with Crippen LogP contribution in [0, 0.1) is 0 Å². The van der Waals surface area contributed by atoms with Crippen molar-refractivity contribution in [1.29, 1.82) is 0 Å². The van der Waals surface area contributed by atoms with Crippen LogP contribution in [0.2, 0.25) is 0 Å². The fourth-order valence-electron chi connectivity index (χ4n) is 3.28. The molecule has 0 amide bonds. The summed E-state index contributed by atoms with van der Waals surface area (Å²) < 4.78 is 5.72. The predicted octanol–water partition coefficient (Wildman–Crippen LogP) is 2.28. The lowest BCUT2D eigenvalue weighted by Gasteiger charge is -2.40. The minimum atomic E-state index is -1.06. The van der Waals surface area contributed by atoms with Crippen LogP contribution in [-0.4, -0.2) is 58.5 Å². The lowest BCUT2D eigenvalue weighted by Crippen LogP contribution is -2.52. The quantitative estimate of drug-likeness (QED) is 0.850. The molecule has 2 aromatic rings. The molecule has 0 radical (unpaired) electrons. The molecule has 138 valence electrons. The Labute approximate surface area is 153 Å². The van der Waals surface area contributed by atoms with Crippen molar-refractivity contribution in [2.24, 2.45) is 0 Å². The summed E-state index contributed by atoms with van der Waals surface area (Å²) in [6.45, 7) is 8.25. The van der Waals surface area contributed by atoms with Crippen LogP contribution in [0.3, 0.4) is 0 Å². The number of carbonyl (C=O) groups is 1. The third-order valence-electron chi connectivity index (χ3n) is 4.54. The molecule has 26 heavy (non-hydrogen) atoms. The van der Waals surface area contributed by atoms with Crippen LogP contribution in [0.4, 0.5) is 5.82 Å². The minimum Gasteiger partial charge on any atom is -0.494 e. The van der Waals surface area contributed by atoms with Crippen molar-refractivity contribution < 1.29 is 14.6 Å². The van der Waals surface area contributed by atoms with Gasteiger partial charge in [0.15, 0.2) is 11.5 Å². The summed E-state index contributed by atoms with van der Waals surface area (Å²) in [5.74, 6) is 0.604. The topological polar surface area (TPSA) is 78.8 Å². The average molecular weight is 356 g/mol. The number of hydrogen-bond donors (Lipinski definition) is 1. The number of hydrogen-bond acceptors (Lipinski definition) is 6. The minimum absolute atomic E-state index is 0.0347. The number of anilines is 1. The summed E-state index contributed by atoms with van der Waals surface area (Å²) >= 11 is 0. The molecule has 2 heterocycles. The largest absolute Gasteiger partial charge is 0.494 e. The molecule has 1 aromatic carbocycles. The fraction of sp³-hybridized carbons (Fsp3) is 0.421. The molecule has 0 bridgehead atoms. The number of para-hydroxylation sites is 1. The van der Waals surface area contributed by atoms with Gasteiger partial charge in [0.05, 0.1) is 6.61 Å². The molecule has 0 aliphatic carbocycles. The number of nitrogens with zero attached hydrogens (tertiary/aromatic N) is 4. The molecule has 1 atom stereocenters. The number of aromatic nitrogens is 2. The summed E-state index contributed by atoms with van der Waals surface area (Å²) in [7, 11) is 0. The molecule has 1 aliphatic rings. The average Bonchev–Trinajstić information content (AvgIpc) is 2.64. The summed E-state index contributed by atoms with van der Waals surface area (Å²) in [5.41, 5.74) is 1.16. The van der Waals surface area contributed by atoms with Crippen LogP contribution in [0.1, 0.15) is 29.9 Å². The summed E-state index contributed by atoms with van der Waals surface area (Å²) in [6.07, 6.45) is 0. The number of benzene rings is 1. The zero-order valence-corrected chi connectivity index (χ0v) is 15.1. The van der Waals surface area contributed by atoms with Gasteiger partial charge in [0.25, 0.3) is 0 Å². The molecule has 0 saturated carbocycles. The molecule has 1 aromatic heterocycles. The third-order valence-corrected chi connectivity index (χ3v) is 4.54. The van der Waals surface area contributed by atoms with Gasteiger partial charge in [-0.3, -0.25) is 4.90 Å². The zero-order valence-electron chi connectivity index (χ0n) is 15.1. The van der Waals surface area contributed by atoms with Gasteiger partial charge in [0.1, 0.15) is 5.75 Å². The van der Waals surface area contributed by atoms with E-state index in [2.05, 4.69) is 33.0 Å². The Kier molecular flexibility index (Phi) is 5.68. The van der Waals surface area contributed by atoms with E-state index >= 15 is 0 Å². The first-order valence-electron chi connectivity index (χ1n) is 8.85. The van der Waals surface area contributed by atoms with Crippen LogP contribution >= 0.6 is 0 Å². The number of rotatable bonds is 6. The molecule has 7 heteroatoms. The Morgan fingerprint density at radius 3 is 2.69 bits per heavy atom. The Morgan fingerprint density at radius 2 is 2.04 bits per heavy atom. The lowest BCUT2D eigenvalue weighted by molar-refractivity contribution is 0.0689. The van der Waals surface area contributed by atoms with Gasteiger partial charge in [0, 0.05) is 37.8 Å². The molecular weight excluding hydrogens is 332 g/mol. The molecule has 1 unspecified atom stereocenters. The van der Waals surface area contributed by atoms with Gasteiger partial charge in [-0.2, -0.15) is 0 Å². The first-order valence-corrected chi connectivity index (χ1v) is 8.85. The monoisotopic (exact) mass is 356 g/mol. The van der Waals surface area contributed by atoms with Gasteiger partial charge in [-0.25, -0.2) is 4.79 Å². The van der Waals surface area contributed by atoms with Crippen molar-refractivity contribution in [3.8, 4) is 5.75 Å². The van der Waals surface area contributed by atoms with Gasteiger partial charge in [-0.15, -0.1) is 10.2 Å². The van der Waals surface area contributed by atoms with Crippen molar-refractivity contribution in [3.63, 3.8) is 0 Å². The van der Waals surface area contributed by atoms with Crippen LogP contribution in [0.15, 0.2) is 36.4 Å². The number of ether oxygens (including phenoxy) is 1. The standard InChI is InChI=1S/C19H24N4O3/c1-3-26-17-7-5-4-6-15(17)13-22-10-11-23(14(2)12-22)18-9-8-16(19(24)25)20-21-18/h4-9,14H,3,10-13H2,1-2H3,(H,24,25). The number of piperazine rings is 1. The molecule has 1 aliphatic heterocycles. The van der Waals surface area contributed by atoms with E-state index in [0.717, 1.165) is 37.7 Å². The zero-order chi connectivity index (χ0) is 18.5. The second kappa shape index (κ2) is 8.14. The van der Waals surface area contributed by atoms with E-state index < -0.39 is 5.97 Å². The number of carboxylic acids is 1. The maximum absolute atomic E-state index is 10.9. The molecule has 1 fully saturated rings. The third kappa shape index (κ3) is 4.11. The highest BCUT2D eigenvalue weighted by molar-refractivity contribution is 5.85. The fourth-order valence-corrected chi connectivity index (χ4v) is 3.28. The Balaban J connectivity index is 1.64. The van der Waals surface area contributed by atoms with Gasteiger partial charge >= 0.3 is 5.97 Å². The molecule has 1 N–H and O–H groups in total. The van der Waals surface area contributed by atoms with Crippen LogP contribution < -0.4 is 9.64 Å². The lowest BCUT2D eigenvalue weighted by atomic mass is 10.1. The van der Waals surface area contributed by atoms with E-state index in [1.54, 1.807) is 6.07 Å². The van der Waals surface area contributed by atoms with Crippen molar-refractivity contribution in [1.82, 2.24) is 15.1 Å². The van der Waals surface area contributed by atoms with Gasteiger partial charge in [-0.05, 0) is 32.0 Å². The Morgan fingerprint density at radius 1 is 1.23 bits per heavy atom. The van der Waals surface area contributed by atoms with Crippen molar-refractivity contribution >= 4 is 11.8 Å². The molecule has 7 nitrogen and oxygen atoms in total. The molecule has 0 spiro atoms. The second-order valence-electron chi connectivity index (χ2n) is 6.40. The first kappa shape index (κ1) is 18.1. The van der Waals surface area contributed by atoms with Crippen LogP contribution in [-0.2, 0) is 6.54 Å². The van der Waals surface area contributed by atoms with Gasteiger partial charge in [0.2, 0.25) is 0 Å². The summed E-state index contributed by atoms with van der Waals surface area (Å²) in [4.78, 5) is 15.5. The van der Waals surface area contributed by atoms with Gasteiger partial charge in [-0.1, -0.05) is 18.2 Å². The van der Waals surface area contributed by atoms with E-state index in [9.17, 15) is 4.79 Å². The van der Waals surface area contributed by atoms with Crippen LogP contribution in [0.5, 0.6) is 5.75 Å². The summed E-state index contributed by atoms with van der Waals surface area (Å²) in [6, 6.07) is 11.6. The second-order valence-corrected chi connectivity index (χ2v) is 6.40. The maximum atomic E-state index is 10.9. The summed E-state index contributed by atoms with van der Waals surface area (Å²) in [5, 5.41) is 16.8. The highest BCUT2D eigenvalue weighted by Crippen LogP contribution is 2.23. The highest BCUT2D eigenvalue weighted by atomic mass is 16.5. The molecule has 3 rings (SSSR count). The van der Waals surface area contributed by atoms with E-state index in [4.69, 9.17) is 9.84 Å².